The number of aliphatic imine (C=N–C) groups is 2. The van der Waals surface area contributed by atoms with Gasteiger partial charge in [-0.05, 0) is 44.2 Å². The van der Waals surface area contributed by atoms with E-state index in [9.17, 15) is 18.0 Å². The van der Waals surface area contributed by atoms with Crippen molar-refractivity contribution in [3.8, 4) is 0 Å². The Morgan fingerprint density at radius 2 is 1.77 bits per heavy atom. The molecular weight excluding hydrogens is 404 g/mol. The van der Waals surface area contributed by atoms with Crippen LogP contribution < -0.4 is 10.6 Å². The largest absolute Gasteiger partial charge is 0.369 e. The second kappa shape index (κ2) is 8.29. The lowest BCUT2D eigenvalue weighted by molar-refractivity contribution is -0.116. The highest BCUT2D eigenvalue weighted by Crippen LogP contribution is 2.34. The molecule has 4 rings (SSSR count). The molecule has 0 fully saturated rings. The van der Waals surface area contributed by atoms with Crippen LogP contribution in [-0.4, -0.2) is 44.2 Å². The van der Waals surface area contributed by atoms with Crippen LogP contribution in [0.15, 0.2) is 63.4 Å². The molecule has 2 aliphatic rings. The van der Waals surface area contributed by atoms with E-state index in [0.29, 0.717) is 17.7 Å². The summed E-state index contributed by atoms with van der Waals surface area (Å²) in [7, 11) is -2.55. The maximum absolute atomic E-state index is 13.2. The molecule has 0 aromatic heterocycles. The first-order valence-electron chi connectivity index (χ1n) is 9.31. The van der Waals surface area contributed by atoms with Gasteiger partial charge in [0.1, 0.15) is 5.71 Å². The fraction of sp³-hybridized carbons (Fsp3) is 0.238. The van der Waals surface area contributed by atoms with Crippen LogP contribution in [-0.2, 0) is 21.1 Å². The first kappa shape index (κ1) is 21.5. The Hall–Kier alpha value is -3.17. The predicted octanol–water partition coefficient (Wildman–Crippen LogP) is 2.35. The molecule has 0 saturated heterocycles. The minimum absolute atomic E-state index is 0.0286. The van der Waals surface area contributed by atoms with Crippen molar-refractivity contribution in [2.45, 2.75) is 31.2 Å². The van der Waals surface area contributed by atoms with E-state index >= 15 is 0 Å². The van der Waals surface area contributed by atoms with Crippen molar-refractivity contribution in [3.05, 3.63) is 59.7 Å². The lowest BCUT2D eigenvalue weighted by atomic mass is 10.1. The van der Waals surface area contributed by atoms with Crippen LogP contribution in [0.4, 0.5) is 10.5 Å². The number of hydrogen-bond donors (Lipinski definition) is 1. The average molecular weight is 426 g/mol. The van der Waals surface area contributed by atoms with Crippen molar-refractivity contribution in [2.75, 3.05) is 11.9 Å². The van der Waals surface area contributed by atoms with Crippen molar-refractivity contribution in [1.29, 1.82) is 0 Å². The molecule has 2 N–H and O–H groups in total. The van der Waals surface area contributed by atoms with Crippen LogP contribution in [0.5, 0.6) is 0 Å². The highest BCUT2D eigenvalue weighted by molar-refractivity contribution is 8.08. The van der Waals surface area contributed by atoms with Gasteiger partial charge in [-0.15, -0.1) is 0 Å². The maximum Gasteiger partial charge on any atom is 0.369 e. The summed E-state index contributed by atoms with van der Waals surface area (Å²) in [5, 5.41) is -0.349. The zero-order valence-electron chi connectivity index (χ0n) is 16.9. The number of carbonyl (C=O) groups is 2. The first-order chi connectivity index (χ1) is 14.3. The molecule has 8 nitrogen and oxygen atoms in total. The van der Waals surface area contributed by atoms with Crippen molar-refractivity contribution < 1.29 is 18.0 Å². The number of sulfone groups is 1. The Kier molecular flexibility index (Phi) is 5.95. The molecule has 0 bridgehead atoms. The number of urea groups is 1. The van der Waals surface area contributed by atoms with Gasteiger partial charge >= 0.3 is 6.03 Å². The Morgan fingerprint density at radius 1 is 1.10 bits per heavy atom. The van der Waals surface area contributed by atoms with Crippen LogP contribution in [0.2, 0.25) is 0 Å². The van der Waals surface area contributed by atoms with Crippen molar-refractivity contribution in [2.24, 2.45) is 15.7 Å². The fourth-order valence-electron chi connectivity index (χ4n) is 3.65. The number of nitrogens with two attached hydrogens (primary N) is 1. The number of fused-ring (bicyclic) bond motifs is 1. The smallest absolute Gasteiger partial charge is 0.333 e. The molecule has 3 amide bonds. The van der Waals surface area contributed by atoms with E-state index in [2.05, 4.69) is 15.7 Å². The van der Waals surface area contributed by atoms with Gasteiger partial charge in [-0.1, -0.05) is 30.3 Å². The lowest BCUT2D eigenvalue weighted by Gasteiger charge is -2.20. The molecule has 156 valence electrons. The normalized spacial score (nSPS) is 17.7. The third-order valence-corrected chi connectivity index (χ3v) is 6.49. The monoisotopic (exact) mass is 426 g/mol. The molecule has 2 aromatic rings. The van der Waals surface area contributed by atoms with Gasteiger partial charge in [-0.25, -0.2) is 13.2 Å². The second-order valence-corrected chi connectivity index (χ2v) is 8.63. The molecule has 2 heterocycles. The van der Waals surface area contributed by atoms with Crippen molar-refractivity contribution in [3.63, 3.8) is 0 Å². The van der Waals surface area contributed by atoms with Crippen LogP contribution in [0, 0.1) is 0 Å². The summed E-state index contributed by atoms with van der Waals surface area (Å²) in [6.45, 7) is 3.40. The maximum atomic E-state index is 13.2. The molecule has 2 aliphatic heterocycles. The molecule has 30 heavy (non-hydrogen) atoms. The van der Waals surface area contributed by atoms with Crippen molar-refractivity contribution in [1.82, 2.24) is 0 Å². The van der Waals surface area contributed by atoms with Crippen LogP contribution in [0.3, 0.4) is 0 Å². The van der Waals surface area contributed by atoms with E-state index in [-0.39, 0.29) is 27.6 Å². The predicted molar refractivity (Wildman–Crippen MR) is 116 cm³/mol. The van der Waals surface area contributed by atoms with Gasteiger partial charge < -0.3 is 10.6 Å². The zero-order valence-corrected chi connectivity index (χ0v) is 17.7. The second-order valence-electron chi connectivity index (χ2n) is 6.76. The number of nitrogens with zero attached hydrogens (tertiary/aromatic N) is 3. The molecule has 1 atom stereocenters. The van der Waals surface area contributed by atoms with Gasteiger partial charge in [0.05, 0.1) is 4.90 Å². The highest BCUT2D eigenvalue weighted by Gasteiger charge is 2.35. The summed E-state index contributed by atoms with van der Waals surface area (Å²) in [5.74, 6) is -0.0916. The Morgan fingerprint density at radius 3 is 2.40 bits per heavy atom. The van der Waals surface area contributed by atoms with E-state index in [1.807, 2.05) is 6.92 Å². The summed E-state index contributed by atoms with van der Waals surface area (Å²) >= 11 is 0. The van der Waals surface area contributed by atoms with Gasteiger partial charge in [0.15, 0.2) is 5.04 Å². The standard InChI is InChI=1S/C20H17N3O4S.CH5N/c1-12-10-15-11-16(8-9-17(15)23(12)13(2)24)28(26,27)19-18(21-20(25)22-19)14-6-4-3-5-7-14;1-2/h3-9,11-12H,10H2,1-2H3;2H2,1H3. The van der Waals surface area contributed by atoms with Crippen LogP contribution in [0.1, 0.15) is 25.0 Å². The fourth-order valence-corrected chi connectivity index (χ4v) is 5.03. The highest BCUT2D eigenvalue weighted by atomic mass is 32.2. The lowest BCUT2D eigenvalue weighted by Crippen LogP contribution is -2.33. The van der Waals surface area contributed by atoms with Crippen LogP contribution >= 0.6 is 0 Å². The number of benzene rings is 2. The minimum atomic E-state index is -4.05. The molecule has 1 unspecified atom stereocenters. The Labute approximate surface area is 175 Å². The Balaban J connectivity index is 0.00000124. The molecular formula is C21H22N4O4S. The number of hydrogen-bond acceptors (Lipinski definition) is 5. The summed E-state index contributed by atoms with van der Waals surface area (Å²) in [6, 6.07) is 12.4. The van der Waals surface area contributed by atoms with Gasteiger partial charge in [0.25, 0.3) is 0 Å². The molecule has 0 aliphatic carbocycles. The van der Waals surface area contributed by atoms with Crippen LogP contribution in [0.25, 0.3) is 0 Å². The Bertz CT molecular complexity index is 1170. The third kappa shape index (κ3) is 3.69. The van der Waals surface area contributed by atoms with Gasteiger partial charge in [-0.3, -0.25) is 4.79 Å². The zero-order chi connectivity index (χ0) is 22.1. The van der Waals surface area contributed by atoms with Crippen molar-refractivity contribution >= 4 is 38.2 Å². The van der Waals surface area contributed by atoms with Gasteiger partial charge in [-0.2, -0.15) is 9.98 Å². The summed E-state index contributed by atoms with van der Waals surface area (Å²) in [4.78, 5) is 32.8. The van der Waals surface area contributed by atoms with E-state index in [1.165, 1.54) is 20.0 Å². The third-order valence-electron chi connectivity index (χ3n) is 4.83. The minimum Gasteiger partial charge on any atom is -0.333 e. The topological polar surface area (TPSA) is 122 Å². The van der Waals surface area contributed by atoms with Gasteiger partial charge in [0.2, 0.25) is 15.7 Å². The van der Waals surface area contributed by atoms with E-state index < -0.39 is 15.9 Å². The number of carbonyl (C=O) groups excluding carboxylic acids is 2. The molecule has 0 radical (unpaired) electrons. The number of rotatable bonds is 2. The van der Waals surface area contributed by atoms with E-state index in [0.717, 1.165) is 5.56 Å². The molecule has 0 saturated carbocycles. The summed E-state index contributed by atoms with van der Waals surface area (Å²) in [5.41, 5.74) is 6.53. The first-order valence-corrected chi connectivity index (χ1v) is 10.8. The van der Waals surface area contributed by atoms with E-state index in [1.54, 1.807) is 47.4 Å². The molecule has 2 aromatic carbocycles. The molecule has 0 spiro atoms. The summed E-state index contributed by atoms with van der Waals surface area (Å²) < 4.78 is 26.4. The number of anilines is 1. The quantitative estimate of drug-likeness (QED) is 0.790. The SMILES string of the molecule is CC(=O)N1c2ccc(S(=O)(=O)C3=NC(=O)N=C3c3ccccc3)cc2CC1C.CN. The summed E-state index contributed by atoms with van der Waals surface area (Å²) in [6.07, 6.45) is 0.559. The van der Waals surface area contributed by atoms with Gasteiger partial charge in [0, 0.05) is 24.2 Å². The average Bonchev–Trinajstić information content (AvgIpc) is 3.29. The number of amides is 3. The molecule has 9 heteroatoms. The van der Waals surface area contributed by atoms with E-state index in [4.69, 9.17) is 0 Å².